The maximum Gasteiger partial charge on any atom is 0.321 e. The predicted octanol–water partition coefficient (Wildman–Crippen LogP) is 1.35. The molecule has 0 bridgehead atoms. The van der Waals surface area contributed by atoms with E-state index >= 15 is 0 Å². The van der Waals surface area contributed by atoms with E-state index in [0.717, 1.165) is 44.2 Å². The number of carbonyl (C=O) groups excluding carboxylic acids is 4. The Morgan fingerprint density at radius 3 is 2.44 bits per heavy atom. The fourth-order valence-electron chi connectivity index (χ4n) is 3.31. The molecule has 0 saturated heterocycles. The summed E-state index contributed by atoms with van der Waals surface area (Å²) in [6.07, 6.45) is 4.84. The zero-order valence-electron chi connectivity index (χ0n) is 14.4. The van der Waals surface area contributed by atoms with Gasteiger partial charge in [0.1, 0.15) is 6.54 Å². The Morgan fingerprint density at radius 2 is 1.78 bits per heavy atom. The first-order valence-electron chi connectivity index (χ1n) is 8.62. The SMILES string of the molecule is O=C(CN1C(=O)c2ccc([N+](=O)[O-])cc2C1=O)NC(=O)NC1CCCCC1. The van der Waals surface area contributed by atoms with E-state index in [1.165, 1.54) is 6.07 Å². The molecule has 3 rings (SSSR count). The number of benzene rings is 1. The third-order valence-electron chi connectivity index (χ3n) is 4.66. The van der Waals surface area contributed by atoms with Gasteiger partial charge in [0.15, 0.2) is 0 Å². The highest BCUT2D eigenvalue weighted by atomic mass is 16.6. The van der Waals surface area contributed by atoms with Crippen molar-refractivity contribution >= 4 is 29.4 Å². The largest absolute Gasteiger partial charge is 0.335 e. The number of rotatable bonds is 4. The normalized spacial score (nSPS) is 16.8. The molecule has 0 aromatic heterocycles. The third-order valence-corrected chi connectivity index (χ3v) is 4.66. The summed E-state index contributed by atoms with van der Waals surface area (Å²) in [7, 11) is 0. The van der Waals surface area contributed by atoms with Crippen molar-refractivity contribution < 1.29 is 24.1 Å². The van der Waals surface area contributed by atoms with Gasteiger partial charge in [0, 0.05) is 18.2 Å². The Hall–Kier alpha value is -3.30. The van der Waals surface area contributed by atoms with E-state index in [0.29, 0.717) is 4.90 Å². The zero-order chi connectivity index (χ0) is 19.6. The molecule has 1 aromatic carbocycles. The van der Waals surface area contributed by atoms with Gasteiger partial charge in [-0.3, -0.25) is 34.7 Å². The number of urea groups is 1. The van der Waals surface area contributed by atoms with E-state index in [4.69, 9.17) is 0 Å². The van der Waals surface area contributed by atoms with Gasteiger partial charge in [0.05, 0.1) is 16.1 Å². The Morgan fingerprint density at radius 1 is 1.11 bits per heavy atom. The highest BCUT2D eigenvalue weighted by Crippen LogP contribution is 2.26. The molecule has 0 spiro atoms. The molecular weight excluding hydrogens is 356 g/mol. The van der Waals surface area contributed by atoms with Crippen LogP contribution in [0.5, 0.6) is 0 Å². The smallest absolute Gasteiger partial charge is 0.321 e. The number of hydrogen-bond acceptors (Lipinski definition) is 6. The molecule has 1 aromatic rings. The maximum absolute atomic E-state index is 12.3. The molecule has 0 radical (unpaired) electrons. The number of amides is 5. The number of nitro benzene ring substituents is 1. The van der Waals surface area contributed by atoms with Crippen molar-refractivity contribution in [2.24, 2.45) is 0 Å². The van der Waals surface area contributed by atoms with Gasteiger partial charge in [-0.15, -0.1) is 0 Å². The lowest BCUT2D eigenvalue weighted by Crippen LogP contribution is -2.48. The van der Waals surface area contributed by atoms with E-state index in [2.05, 4.69) is 10.6 Å². The summed E-state index contributed by atoms with van der Waals surface area (Å²) in [5.74, 6) is -2.35. The summed E-state index contributed by atoms with van der Waals surface area (Å²) in [4.78, 5) is 59.3. The van der Waals surface area contributed by atoms with Crippen LogP contribution in [0.15, 0.2) is 18.2 Å². The Balaban J connectivity index is 1.61. The summed E-state index contributed by atoms with van der Waals surface area (Å²) in [6, 6.07) is 2.64. The van der Waals surface area contributed by atoms with Gasteiger partial charge in [0.25, 0.3) is 17.5 Å². The van der Waals surface area contributed by atoms with Gasteiger partial charge in [0.2, 0.25) is 5.91 Å². The molecule has 1 heterocycles. The van der Waals surface area contributed by atoms with Crippen molar-refractivity contribution in [2.75, 3.05) is 6.54 Å². The topological polar surface area (TPSA) is 139 Å². The molecule has 1 aliphatic carbocycles. The second-order valence-electron chi connectivity index (χ2n) is 6.54. The van der Waals surface area contributed by atoms with Gasteiger partial charge in [-0.1, -0.05) is 19.3 Å². The summed E-state index contributed by atoms with van der Waals surface area (Å²) in [5.41, 5.74) is -0.466. The van der Waals surface area contributed by atoms with Crippen LogP contribution in [0.1, 0.15) is 52.8 Å². The minimum atomic E-state index is -0.813. The molecule has 10 heteroatoms. The van der Waals surface area contributed by atoms with Crippen LogP contribution in [0.4, 0.5) is 10.5 Å². The molecule has 27 heavy (non-hydrogen) atoms. The Bertz CT molecular complexity index is 831. The fraction of sp³-hybridized carbons (Fsp3) is 0.412. The van der Waals surface area contributed by atoms with E-state index in [1.54, 1.807) is 0 Å². The van der Waals surface area contributed by atoms with Crippen LogP contribution in [-0.2, 0) is 4.79 Å². The minimum Gasteiger partial charge on any atom is -0.335 e. The molecule has 1 saturated carbocycles. The monoisotopic (exact) mass is 374 g/mol. The van der Waals surface area contributed by atoms with Crippen LogP contribution >= 0.6 is 0 Å². The van der Waals surface area contributed by atoms with Crippen LogP contribution in [-0.4, -0.2) is 46.2 Å². The number of hydrogen-bond donors (Lipinski definition) is 2. The van der Waals surface area contributed by atoms with E-state index < -0.39 is 35.2 Å². The summed E-state index contributed by atoms with van der Waals surface area (Å²) in [5, 5.41) is 15.6. The van der Waals surface area contributed by atoms with E-state index in [-0.39, 0.29) is 22.9 Å². The number of non-ortho nitro benzene ring substituents is 1. The summed E-state index contributed by atoms with van der Waals surface area (Å²) >= 11 is 0. The van der Waals surface area contributed by atoms with Crippen LogP contribution in [0.25, 0.3) is 0 Å². The Labute approximate surface area is 154 Å². The second kappa shape index (κ2) is 7.52. The molecular formula is C17H18N4O6. The van der Waals surface area contributed by atoms with Crippen molar-refractivity contribution in [3.63, 3.8) is 0 Å². The molecule has 2 aliphatic rings. The van der Waals surface area contributed by atoms with Gasteiger partial charge in [-0.25, -0.2) is 4.79 Å². The second-order valence-corrected chi connectivity index (χ2v) is 6.54. The zero-order valence-corrected chi connectivity index (χ0v) is 14.4. The first-order chi connectivity index (χ1) is 12.9. The number of nitrogens with one attached hydrogen (secondary N) is 2. The van der Waals surface area contributed by atoms with Crippen molar-refractivity contribution in [1.29, 1.82) is 0 Å². The average Bonchev–Trinajstić information content (AvgIpc) is 2.87. The van der Waals surface area contributed by atoms with Crippen LogP contribution in [0.3, 0.4) is 0 Å². The quantitative estimate of drug-likeness (QED) is 0.463. The first kappa shape index (κ1) is 18.5. The molecule has 5 amide bonds. The summed E-state index contributed by atoms with van der Waals surface area (Å²) in [6.45, 7) is -0.641. The number of carbonyl (C=O) groups is 4. The van der Waals surface area contributed by atoms with Gasteiger partial charge >= 0.3 is 6.03 Å². The van der Waals surface area contributed by atoms with Gasteiger partial charge in [-0.05, 0) is 18.9 Å². The standard InChI is InChI=1S/C17H18N4O6/c22-14(19-17(25)18-10-4-2-1-3-5-10)9-20-15(23)12-7-6-11(21(26)27)8-13(12)16(20)24/h6-8,10H,1-5,9H2,(H2,18,19,22,25). The highest BCUT2D eigenvalue weighted by Gasteiger charge is 2.38. The molecule has 1 fully saturated rings. The predicted molar refractivity (Wildman–Crippen MR) is 92.0 cm³/mol. The fourth-order valence-corrected chi connectivity index (χ4v) is 3.31. The van der Waals surface area contributed by atoms with Crippen molar-refractivity contribution in [1.82, 2.24) is 15.5 Å². The Kier molecular flexibility index (Phi) is 5.15. The average molecular weight is 374 g/mol. The molecule has 0 unspecified atom stereocenters. The van der Waals surface area contributed by atoms with Crippen LogP contribution in [0, 0.1) is 10.1 Å². The van der Waals surface area contributed by atoms with Crippen molar-refractivity contribution in [2.45, 2.75) is 38.1 Å². The minimum absolute atomic E-state index is 0.00593. The number of imide groups is 2. The first-order valence-corrected chi connectivity index (χ1v) is 8.62. The maximum atomic E-state index is 12.3. The third kappa shape index (κ3) is 3.94. The van der Waals surface area contributed by atoms with Crippen molar-refractivity contribution in [3.8, 4) is 0 Å². The van der Waals surface area contributed by atoms with Gasteiger partial charge in [-0.2, -0.15) is 0 Å². The van der Waals surface area contributed by atoms with Crippen LogP contribution < -0.4 is 10.6 Å². The molecule has 1 aliphatic heterocycles. The molecule has 142 valence electrons. The van der Waals surface area contributed by atoms with Crippen LogP contribution in [0.2, 0.25) is 0 Å². The van der Waals surface area contributed by atoms with Gasteiger partial charge < -0.3 is 5.32 Å². The lowest BCUT2D eigenvalue weighted by molar-refractivity contribution is -0.384. The lowest BCUT2D eigenvalue weighted by Gasteiger charge is -2.22. The molecule has 2 N–H and O–H groups in total. The highest BCUT2D eigenvalue weighted by molar-refractivity contribution is 6.22. The molecule has 0 atom stereocenters. The van der Waals surface area contributed by atoms with E-state index in [9.17, 15) is 29.3 Å². The lowest BCUT2D eigenvalue weighted by atomic mass is 9.96. The molecule has 10 nitrogen and oxygen atoms in total. The van der Waals surface area contributed by atoms with Crippen molar-refractivity contribution in [3.05, 3.63) is 39.4 Å². The number of nitrogens with zero attached hydrogens (tertiary/aromatic N) is 2. The number of fused-ring (bicyclic) bond motifs is 1. The summed E-state index contributed by atoms with van der Waals surface area (Å²) < 4.78 is 0. The van der Waals surface area contributed by atoms with E-state index in [1.807, 2.05) is 0 Å². The number of nitro groups is 1.